The van der Waals surface area contributed by atoms with Crippen LogP contribution in [0.2, 0.25) is 0 Å². The van der Waals surface area contributed by atoms with Crippen molar-refractivity contribution in [2.45, 2.75) is 225 Å². The summed E-state index contributed by atoms with van der Waals surface area (Å²) in [5.41, 5.74) is -4.11. The molecular weight excluding hydrogens is 745 g/mol. The largest absolute Gasteiger partial charge is 0.481 e. The molecule has 0 radical (unpaired) electrons. The molecule has 8 atom stereocenters. The second kappa shape index (κ2) is 16.3. The van der Waals surface area contributed by atoms with Crippen LogP contribution < -0.4 is 10.6 Å². The van der Waals surface area contributed by atoms with E-state index in [9.17, 15) is 34.5 Å². The molecule has 0 aromatic carbocycles. The fourth-order valence-electron chi connectivity index (χ4n) is 15.9. The number of unbranched alkanes of at least 4 members (excludes halogenated alkanes) is 4. The zero-order chi connectivity index (χ0) is 43.6. The van der Waals surface area contributed by atoms with Crippen LogP contribution in [0.4, 0.5) is 0 Å². The lowest BCUT2D eigenvalue weighted by Crippen LogP contribution is -2.65. The predicted octanol–water partition coefficient (Wildman–Crippen LogP) is 8.33. The fraction of sp³-hybridized carbons (Fsp3) is 0.918. The van der Waals surface area contributed by atoms with Crippen LogP contribution in [0, 0.1) is 51.8 Å². The van der Waals surface area contributed by atoms with Gasteiger partial charge in [-0.3, -0.25) is 19.2 Å². The number of ether oxygens (including phenoxy) is 1. The van der Waals surface area contributed by atoms with Crippen molar-refractivity contribution in [2.75, 3.05) is 6.61 Å². The zero-order valence-corrected chi connectivity index (χ0v) is 38.6. The van der Waals surface area contributed by atoms with E-state index in [1.807, 2.05) is 6.92 Å². The molecule has 2 aliphatic heterocycles. The van der Waals surface area contributed by atoms with E-state index in [1.165, 1.54) is 0 Å². The summed E-state index contributed by atoms with van der Waals surface area (Å²) >= 11 is 0. The van der Waals surface area contributed by atoms with E-state index in [4.69, 9.17) is 4.74 Å². The van der Waals surface area contributed by atoms with E-state index in [1.54, 1.807) is 0 Å². The normalized spacial score (nSPS) is 37.8. The summed E-state index contributed by atoms with van der Waals surface area (Å²) < 4.78 is 6.29. The fourth-order valence-corrected chi connectivity index (χ4v) is 15.9. The van der Waals surface area contributed by atoms with Gasteiger partial charge in [-0.25, -0.2) is 0 Å². The molecule has 6 aliphatic rings. The Hall–Kier alpha value is -1.88. The molecule has 0 aromatic heterocycles. The van der Waals surface area contributed by atoms with Gasteiger partial charge in [0.1, 0.15) is 12.4 Å². The highest BCUT2D eigenvalue weighted by molar-refractivity contribution is 5.94. The Kier molecular flexibility index (Phi) is 12.9. The maximum Gasteiger partial charge on any atom is 0.310 e. The molecule has 0 amide bonds. The highest BCUT2D eigenvalue weighted by Gasteiger charge is 2.71. The van der Waals surface area contributed by atoms with Crippen molar-refractivity contribution < 1.29 is 39.2 Å². The average molecular weight is 827 g/mol. The van der Waals surface area contributed by atoms with Crippen LogP contribution in [0.15, 0.2) is 0 Å². The first-order valence-electron chi connectivity index (χ1n) is 23.6. The molecule has 0 spiro atoms. The first kappa shape index (κ1) is 46.6. The number of fused-ring (bicyclic) bond motifs is 5. The second-order valence-electron chi connectivity index (χ2n) is 24.0. The molecule has 336 valence electrons. The molecular formula is C49H82N2O8. The molecule has 10 heteroatoms. The third-order valence-electron chi connectivity index (χ3n) is 17.5. The maximum absolute atomic E-state index is 14.3. The maximum atomic E-state index is 14.3. The van der Waals surface area contributed by atoms with Gasteiger partial charge in [0, 0.05) is 46.3 Å². The van der Waals surface area contributed by atoms with Crippen molar-refractivity contribution in [3.63, 3.8) is 0 Å². The van der Waals surface area contributed by atoms with E-state index in [0.29, 0.717) is 38.0 Å². The molecule has 6 fully saturated rings. The Morgan fingerprint density at radius 3 is 1.83 bits per heavy atom. The monoisotopic (exact) mass is 827 g/mol. The summed E-state index contributed by atoms with van der Waals surface area (Å²) in [5.74, 6) is -1.03. The summed E-state index contributed by atoms with van der Waals surface area (Å²) in [7, 11) is 0. The number of hydrogen-bond acceptors (Lipinski definition) is 9. The Morgan fingerprint density at radius 2 is 1.29 bits per heavy atom. The number of esters is 1. The van der Waals surface area contributed by atoms with Gasteiger partial charge >= 0.3 is 11.9 Å². The van der Waals surface area contributed by atoms with Gasteiger partial charge in [0.25, 0.3) is 0 Å². The van der Waals surface area contributed by atoms with Crippen LogP contribution in [0.5, 0.6) is 0 Å². The summed E-state index contributed by atoms with van der Waals surface area (Å²) in [6.07, 6.45) is 12.9. The van der Waals surface area contributed by atoms with Gasteiger partial charge in [-0.2, -0.15) is 0 Å². The standard InChI is InChI=1S/C49H82N2O8/c1-42(2)25-32(26-43(3,4)50-42)48(41(57)58,33-27-44(5,6)51-45(7,8)28-33)21-15-13-11-12-14-16-39(56)59-49(38(55)30-52)23-20-36-35-18-17-31-24-34(53)19-22-46(31,9)40(35)37(54)29-47(36,49)10/h31-36,40,50-53H,11-30H2,1-10H3,(H,57,58)/t31-,34-,35+,36+,40-,46+,47+,49+/m1/s1. The molecule has 4 aliphatic carbocycles. The molecule has 5 N–H and O–H groups in total. The Bertz CT molecular complexity index is 1530. The topological polar surface area (TPSA) is 162 Å². The predicted molar refractivity (Wildman–Crippen MR) is 229 cm³/mol. The lowest BCUT2D eigenvalue weighted by molar-refractivity contribution is -0.196. The number of aliphatic hydroxyl groups excluding tert-OH is 2. The SMILES string of the molecule is CC1(C)CC(C(CCCCCCCC(=O)O[C@]2(C(=O)CO)CC[C@H]3[C@@H]4CC[C@@H]5C[C@H](O)CC[C@]5(C)[C@H]4C(=O)C[C@@]32C)(C(=O)O)C2CC(C)(C)NC(C)(C)C2)CC(C)(C)N1. The zero-order valence-electron chi connectivity index (χ0n) is 38.6. The number of ketones is 2. The number of carbonyl (C=O) groups excluding carboxylic acids is 3. The lowest BCUT2D eigenvalue weighted by Gasteiger charge is -2.60. The summed E-state index contributed by atoms with van der Waals surface area (Å²) in [4.78, 5) is 55.6. The molecule has 0 unspecified atom stereocenters. The third-order valence-corrected chi connectivity index (χ3v) is 17.5. The number of Topliss-reactive ketones (excluding diaryl/α,β-unsaturated/α-hetero) is 2. The molecule has 10 nitrogen and oxygen atoms in total. The summed E-state index contributed by atoms with van der Waals surface area (Å²) in [5, 5.41) is 39.7. The number of nitrogens with one attached hydrogen (secondary N) is 2. The number of rotatable bonds is 14. The number of aliphatic carboxylic acids is 1. The van der Waals surface area contributed by atoms with Gasteiger partial charge in [-0.1, -0.05) is 39.5 Å². The average Bonchev–Trinajstić information content (AvgIpc) is 3.37. The van der Waals surface area contributed by atoms with E-state index in [2.05, 4.69) is 72.9 Å². The Labute approximate surface area is 355 Å². The summed E-state index contributed by atoms with van der Waals surface area (Å²) in [6, 6.07) is 0. The van der Waals surface area contributed by atoms with Crippen LogP contribution >= 0.6 is 0 Å². The molecule has 4 saturated carbocycles. The number of aliphatic hydroxyl groups is 2. The van der Waals surface area contributed by atoms with E-state index >= 15 is 0 Å². The molecule has 6 rings (SSSR count). The second-order valence-corrected chi connectivity index (χ2v) is 24.0. The van der Waals surface area contributed by atoms with Crippen molar-refractivity contribution in [1.29, 1.82) is 0 Å². The molecule has 0 aromatic rings. The van der Waals surface area contributed by atoms with Crippen molar-refractivity contribution in [3.05, 3.63) is 0 Å². The van der Waals surface area contributed by atoms with Gasteiger partial charge < -0.3 is 30.7 Å². The quantitative estimate of drug-likeness (QED) is 0.0851. The van der Waals surface area contributed by atoms with Gasteiger partial charge in [0.15, 0.2) is 5.60 Å². The van der Waals surface area contributed by atoms with Gasteiger partial charge in [0.05, 0.1) is 11.5 Å². The van der Waals surface area contributed by atoms with E-state index < -0.39 is 40.8 Å². The number of piperidine rings is 2. The van der Waals surface area contributed by atoms with E-state index in [0.717, 1.165) is 77.0 Å². The van der Waals surface area contributed by atoms with Crippen LogP contribution in [-0.4, -0.2) is 79.3 Å². The third kappa shape index (κ3) is 8.74. The first-order valence-corrected chi connectivity index (χ1v) is 23.6. The highest BCUT2D eigenvalue weighted by Crippen LogP contribution is 2.68. The van der Waals surface area contributed by atoms with E-state index in [-0.39, 0.29) is 81.9 Å². The van der Waals surface area contributed by atoms with Gasteiger partial charge in [-0.05, 0) is 174 Å². The summed E-state index contributed by atoms with van der Waals surface area (Å²) in [6.45, 7) is 21.2. The van der Waals surface area contributed by atoms with Crippen molar-refractivity contribution in [1.82, 2.24) is 10.6 Å². The molecule has 2 heterocycles. The molecule has 0 bridgehead atoms. The minimum Gasteiger partial charge on any atom is -0.481 e. The Balaban J connectivity index is 1.08. The minimum atomic E-state index is -1.51. The lowest BCUT2D eigenvalue weighted by atomic mass is 9.44. The highest BCUT2D eigenvalue weighted by atomic mass is 16.6. The number of carbonyl (C=O) groups is 4. The molecule has 2 saturated heterocycles. The van der Waals surface area contributed by atoms with Crippen LogP contribution in [-0.2, 0) is 23.9 Å². The molecule has 59 heavy (non-hydrogen) atoms. The van der Waals surface area contributed by atoms with Crippen LogP contribution in [0.3, 0.4) is 0 Å². The van der Waals surface area contributed by atoms with Crippen molar-refractivity contribution in [2.24, 2.45) is 51.8 Å². The van der Waals surface area contributed by atoms with Gasteiger partial charge in [0.2, 0.25) is 5.78 Å². The number of carboxylic acids is 1. The smallest absolute Gasteiger partial charge is 0.310 e. The van der Waals surface area contributed by atoms with Crippen LogP contribution in [0.25, 0.3) is 0 Å². The first-order chi connectivity index (χ1) is 27.3. The Morgan fingerprint density at radius 1 is 0.746 bits per heavy atom. The number of hydrogen-bond donors (Lipinski definition) is 5. The van der Waals surface area contributed by atoms with Crippen molar-refractivity contribution >= 4 is 23.5 Å². The minimum absolute atomic E-state index is 0.0338. The van der Waals surface area contributed by atoms with Crippen LogP contribution in [0.1, 0.15) is 191 Å². The number of carboxylic acid groups (broad SMARTS) is 1. The van der Waals surface area contributed by atoms with Gasteiger partial charge in [-0.15, -0.1) is 0 Å². The van der Waals surface area contributed by atoms with Crippen molar-refractivity contribution in [3.8, 4) is 0 Å².